The van der Waals surface area contributed by atoms with E-state index in [2.05, 4.69) is 15.9 Å². The Labute approximate surface area is 142 Å². The van der Waals surface area contributed by atoms with Gasteiger partial charge in [0, 0.05) is 6.20 Å². The average Bonchev–Trinajstić information content (AvgIpc) is 3.01. The van der Waals surface area contributed by atoms with E-state index in [1.54, 1.807) is 0 Å². The summed E-state index contributed by atoms with van der Waals surface area (Å²) in [5.41, 5.74) is 8.15. The molecule has 3 heterocycles. The Morgan fingerprint density at radius 2 is 2.36 bits per heavy atom. The Balaban J connectivity index is 2.25. The molecule has 4 atom stereocenters. The van der Waals surface area contributed by atoms with Gasteiger partial charge in [0.15, 0.2) is 23.2 Å². The lowest BCUT2D eigenvalue weighted by molar-refractivity contribution is -0.0446. The van der Waals surface area contributed by atoms with Gasteiger partial charge in [0.1, 0.15) is 24.3 Å². The summed E-state index contributed by atoms with van der Waals surface area (Å²) >= 11 is 0. The molecule has 7 N–H and O–H groups in total. The van der Waals surface area contributed by atoms with Crippen LogP contribution in [0.15, 0.2) is 11.0 Å². The van der Waals surface area contributed by atoms with Crippen LogP contribution < -0.4 is 17.0 Å². The van der Waals surface area contributed by atoms with Crippen molar-refractivity contribution in [3.05, 3.63) is 22.4 Å². The van der Waals surface area contributed by atoms with Crippen molar-refractivity contribution < 1.29 is 26.5 Å². The van der Waals surface area contributed by atoms with Crippen LogP contribution in [0.4, 0.5) is 14.7 Å². The number of rotatable bonds is 2. The van der Waals surface area contributed by atoms with E-state index >= 15 is 0 Å². The first-order chi connectivity index (χ1) is 12.5. The smallest absolute Gasteiger partial charge is 0.264 e. The van der Waals surface area contributed by atoms with Gasteiger partial charge in [-0.25, -0.2) is 8.78 Å². The number of nitrogen functional groups attached to an aromatic ring is 1. The maximum absolute atomic E-state index is 14.3. The summed E-state index contributed by atoms with van der Waals surface area (Å²) in [5, 5.41) is 19.5. The number of ether oxygens (including phenoxy) is 1. The predicted octanol–water partition coefficient (Wildman–Crippen LogP) is -1.63. The highest BCUT2D eigenvalue weighted by Gasteiger charge is 2.54. The number of nitrogens with one attached hydrogen (secondary N) is 1. The number of aromatic nitrogens is 3. The second-order valence-electron chi connectivity index (χ2n) is 5.39. The highest BCUT2D eigenvalue weighted by atomic mass is 19.1. The molecule has 1 unspecified atom stereocenters. The van der Waals surface area contributed by atoms with E-state index in [-0.39, 0.29) is 11.6 Å². The average molecular weight is 357 g/mol. The number of fused-ring (bicyclic) bond motifs is 1. The van der Waals surface area contributed by atoms with Crippen molar-refractivity contribution in [2.24, 2.45) is 5.73 Å². The fraction of sp³-hybridized carbons (Fsp3) is 0.429. The molecule has 1 fully saturated rings. The van der Waals surface area contributed by atoms with Crippen molar-refractivity contribution in [3.8, 4) is 11.8 Å². The maximum atomic E-state index is 14.3. The molecule has 0 radical (unpaired) electrons. The minimum absolute atomic E-state index is 0.318. The van der Waals surface area contributed by atoms with Crippen molar-refractivity contribution >= 4 is 17.0 Å². The molecule has 2 aromatic rings. The summed E-state index contributed by atoms with van der Waals surface area (Å²) in [7, 11) is 0. The zero-order valence-corrected chi connectivity index (χ0v) is 12.5. The molecule has 0 aliphatic carbocycles. The molecule has 3 rings (SSSR count). The second kappa shape index (κ2) is 6.08. The van der Waals surface area contributed by atoms with E-state index in [9.17, 15) is 23.8 Å². The highest BCUT2D eigenvalue weighted by molar-refractivity contribution is 5.77. The third kappa shape index (κ3) is 2.56. The molecule has 2 aromatic heterocycles. The van der Waals surface area contributed by atoms with Gasteiger partial charge in [0.25, 0.3) is 5.56 Å². The molecule has 0 spiro atoms. The van der Waals surface area contributed by atoms with Crippen LogP contribution >= 0.6 is 0 Å². The summed E-state index contributed by atoms with van der Waals surface area (Å²) in [5.74, 6) is 2.86. The third-order valence-electron chi connectivity index (χ3n) is 3.87. The highest BCUT2D eigenvalue weighted by Crippen LogP contribution is 2.38. The topological polar surface area (TPSA) is 152 Å². The summed E-state index contributed by atoms with van der Waals surface area (Å²) in [6.07, 6.45) is -4.68. The van der Waals surface area contributed by atoms with Gasteiger partial charge < -0.3 is 26.4 Å². The van der Waals surface area contributed by atoms with Crippen LogP contribution in [0, 0.1) is 17.7 Å². The zero-order chi connectivity index (χ0) is 20.1. The van der Waals surface area contributed by atoms with Gasteiger partial charge in [0.2, 0.25) is 5.95 Å². The molecule has 1 aliphatic heterocycles. The van der Waals surface area contributed by atoms with Crippen LogP contribution in [0.2, 0.25) is 0 Å². The van der Waals surface area contributed by atoms with Crippen molar-refractivity contribution in [1.29, 1.82) is 0 Å². The number of nitrogens with zero attached hydrogens (tertiary/aromatic N) is 2. The van der Waals surface area contributed by atoms with Crippen LogP contribution in [0.25, 0.3) is 11.0 Å². The summed E-state index contributed by atoms with van der Waals surface area (Å²) < 4.78 is 47.8. The molecule has 9 nitrogen and oxygen atoms in total. The van der Waals surface area contributed by atoms with Crippen LogP contribution in [0.1, 0.15) is 8.97 Å². The third-order valence-corrected chi connectivity index (χ3v) is 3.87. The minimum atomic E-state index is -3.05. The van der Waals surface area contributed by atoms with Gasteiger partial charge in [0.05, 0.1) is 9.30 Å². The fourth-order valence-corrected chi connectivity index (χ4v) is 2.75. The van der Waals surface area contributed by atoms with Gasteiger partial charge in [-0.05, 0) is 0 Å². The SMILES string of the molecule is [2H]C([2H])(O)[C@H]1O[C@@H](n2cc(F)c3c(=O)[nH]c(N)nc32)C(N)(C#CCF)[C@H]1O. The summed E-state index contributed by atoms with van der Waals surface area (Å²) in [6, 6.07) is 0. The normalized spacial score (nSPS) is 30.7. The Bertz CT molecular complexity index is 1010. The molecule has 1 saturated heterocycles. The lowest BCUT2D eigenvalue weighted by Crippen LogP contribution is -2.53. The van der Waals surface area contributed by atoms with Gasteiger partial charge in [-0.3, -0.25) is 14.3 Å². The number of hydrogen-bond acceptors (Lipinski definition) is 7. The molecule has 0 saturated carbocycles. The lowest BCUT2D eigenvalue weighted by atomic mass is 9.91. The van der Waals surface area contributed by atoms with E-state index in [1.165, 1.54) is 0 Å². The number of aliphatic hydroxyl groups is 2. The number of alkyl halides is 1. The molecule has 25 heavy (non-hydrogen) atoms. The van der Waals surface area contributed by atoms with Crippen LogP contribution in [-0.2, 0) is 4.74 Å². The molecular weight excluding hydrogens is 340 g/mol. The first kappa shape index (κ1) is 14.8. The molecule has 11 heteroatoms. The Morgan fingerprint density at radius 1 is 1.64 bits per heavy atom. The maximum Gasteiger partial charge on any atom is 0.264 e. The summed E-state index contributed by atoms with van der Waals surface area (Å²) in [6.45, 7) is -4.19. The van der Waals surface area contributed by atoms with Crippen LogP contribution in [0.5, 0.6) is 0 Å². The van der Waals surface area contributed by atoms with Crippen LogP contribution in [0.3, 0.4) is 0 Å². The molecule has 0 amide bonds. The Morgan fingerprint density at radius 3 is 3.00 bits per heavy atom. The predicted molar refractivity (Wildman–Crippen MR) is 82.4 cm³/mol. The van der Waals surface area contributed by atoms with Crippen molar-refractivity contribution in [1.82, 2.24) is 14.5 Å². The van der Waals surface area contributed by atoms with Crippen molar-refractivity contribution in [2.45, 2.75) is 24.0 Å². The lowest BCUT2D eigenvalue weighted by Gasteiger charge is -2.28. The summed E-state index contributed by atoms with van der Waals surface area (Å²) in [4.78, 5) is 17.9. The molecule has 1 aliphatic rings. The van der Waals surface area contributed by atoms with Gasteiger partial charge in [-0.1, -0.05) is 11.8 Å². The first-order valence-electron chi connectivity index (χ1n) is 7.97. The molecular formula is C14H15F2N5O4. The van der Waals surface area contributed by atoms with E-state index in [0.29, 0.717) is 0 Å². The Kier molecular flexibility index (Phi) is 3.60. The van der Waals surface area contributed by atoms with Gasteiger partial charge >= 0.3 is 0 Å². The van der Waals surface area contributed by atoms with Gasteiger partial charge in [-0.2, -0.15) is 4.98 Å². The number of halogens is 2. The van der Waals surface area contributed by atoms with Gasteiger partial charge in [-0.15, -0.1) is 0 Å². The number of H-pyrrole nitrogens is 1. The number of aliphatic hydroxyl groups excluding tert-OH is 1. The monoisotopic (exact) mass is 357 g/mol. The second-order valence-corrected chi connectivity index (χ2v) is 5.39. The first-order valence-corrected chi connectivity index (χ1v) is 6.97. The van der Waals surface area contributed by atoms with E-state index in [1.807, 2.05) is 5.92 Å². The quantitative estimate of drug-likeness (QED) is 0.404. The molecule has 0 aromatic carbocycles. The number of anilines is 1. The van der Waals surface area contributed by atoms with Crippen molar-refractivity contribution in [2.75, 3.05) is 19.0 Å². The standard InChI is InChI=1S/C14H15F2N5O4/c15-3-1-2-14(18)9(23)7(5-22)25-12(14)21-4-6(16)8-10(21)19-13(17)20-11(8)24/h4,7,9,12,22-23H,3,5,18H2,(H3,17,19,20,24)/t7-,9+,12-,14?/m1/s1/i5D2. The van der Waals surface area contributed by atoms with Crippen LogP contribution in [-0.4, -0.2) is 55.7 Å². The fourth-order valence-electron chi connectivity index (χ4n) is 2.75. The largest absolute Gasteiger partial charge is 0.394 e. The molecule has 0 bridgehead atoms. The van der Waals surface area contributed by atoms with E-state index in [4.69, 9.17) is 18.9 Å². The number of hydrogen-bond donors (Lipinski definition) is 5. The number of aromatic amines is 1. The Hall–Kier alpha value is -2.52. The van der Waals surface area contributed by atoms with E-state index < -0.39 is 54.0 Å². The van der Waals surface area contributed by atoms with E-state index in [0.717, 1.165) is 10.8 Å². The number of nitrogens with two attached hydrogens (primary N) is 2. The molecule has 134 valence electrons. The van der Waals surface area contributed by atoms with Crippen molar-refractivity contribution in [3.63, 3.8) is 0 Å². The zero-order valence-electron chi connectivity index (χ0n) is 14.5. The minimum Gasteiger partial charge on any atom is -0.394 e.